The van der Waals surface area contributed by atoms with Crippen molar-refractivity contribution in [3.63, 3.8) is 0 Å². The first-order chi connectivity index (χ1) is 15.2. The maximum Gasteiger partial charge on any atom is 0.203 e. The van der Waals surface area contributed by atoms with Gasteiger partial charge in [0.25, 0.3) is 0 Å². The predicted molar refractivity (Wildman–Crippen MR) is 129 cm³/mol. The van der Waals surface area contributed by atoms with Crippen molar-refractivity contribution in [1.29, 1.82) is 0 Å². The van der Waals surface area contributed by atoms with Crippen LogP contribution >= 0.6 is 10.5 Å². The second-order valence-corrected chi connectivity index (χ2v) is 10.4. The molecule has 31 heavy (non-hydrogen) atoms. The molecular formula is C26H21O3S2+. The first kappa shape index (κ1) is 19.8. The third-order valence-electron chi connectivity index (χ3n) is 5.32. The fourth-order valence-electron chi connectivity index (χ4n) is 3.91. The van der Waals surface area contributed by atoms with E-state index in [-0.39, 0.29) is 0 Å². The van der Waals surface area contributed by atoms with Crippen LogP contribution in [-0.2, 0) is 10.8 Å². The van der Waals surface area contributed by atoms with Crippen LogP contribution in [0.1, 0.15) is 0 Å². The number of methoxy groups -OCH3 is 2. The molecule has 0 fully saturated rings. The van der Waals surface area contributed by atoms with Crippen LogP contribution < -0.4 is 9.47 Å². The van der Waals surface area contributed by atoms with Crippen LogP contribution in [0.3, 0.4) is 0 Å². The van der Waals surface area contributed by atoms with Crippen LogP contribution in [0, 0.1) is 0 Å². The van der Waals surface area contributed by atoms with Crippen molar-refractivity contribution in [3.8, 4) is 16.4 Å². The van der Waals surface area contributed by atoms with Crippen LogP contribution in [0.15, 0.2) is 101 Å². The van der Waals surface area contributed by atoms with Crippen molar-refractivity contribution < 1.29 is 13.7 Å². The van der Waals surface area contributed by atoms with Crippen LogP contribution in [0.25, 0.3) is 25.1 Å². The maximum absolute atomic E-state index is 13.8. The van der Waals surface area contributed by atoms with Crippen LogP contribution in [0.5, 0.6) is 11.5 Å². The minimum absolute atomic E-state index is 0.423. The van der Waals surface area contributed by atoms with Gasteiger partial charge in [-0.1, -0.05) is 42.5 Å². The van der Waals surface area contributed by atoms with E-state index in [0.29, 0.717) is 16.4 Å². The van der Waals surface area contributed by atoms with E-state index in [4.69, 9.17) is 9.47 Å². The minimum Gasteiger partial charge on any atom is -0.496 e. The van der Waals surface area contributed by atoms with Gasteiger partial charge in [-0.2, -0.15) is 0 Å². The van der Waals surface area contributed by atoms with Gasteiger partial charge < -0.3 is 9.47 Å². The number of benzene rings is 4. The standard InChI is InChI=1S/C26H21O3S2/c1-28-18-16-22(29-2)26(31(27)19-10-4-3-5-11-19)25(17-18)30-23-14-8-6-12-20(23)21-13-7-9-15-24(21)30/h3-17H,1-2H3/q+1. The number of hydrogen-bond donors (Lipinski definition) is 0. The lowest BCUT2D eigenvalue weighted by molar-refractivity contribution is 0.388. The Hall–Kier alpha value is -3.15. The van der Waals surface area contributed by atoms with Crippen molar-refractivity contribution in [2.45, 2.75) is 9.79 Å². The summed E-state index contributed by atoms with van der Waals surface area (Å²) in [4.78, 5) is 2.41. The van der Waals surface area contributed by atoms with Crippen molar-refractivity contribution in [2.24, 2.45) is 0 Å². The van der Waals surface area contributed by atoms with Gasteiger partial charge in [0.2, 0.25) is 4.90 Å². The zero-order chi connectivity index (χ0) is 21.4. The van der Waals surface area contributed by atoms with Crippen molar-refractivity contribution in [3.05, 3.63) is 91.0 Å². The molecule has 0 saturated carbocycles. The average molecular weight is 446 g/mol. The van der Waals surface area contributed by atoms with E-state index in [0.717, 1.165) is 9.79 Å². The molecular weight excluding hydrogens is 424 g/mol. The lowest BCUT2D eigenvalue weighted by Crippen LogP contribution is -2.00. The van der Waals surface area contributed by atoms with Gasteiger partial charge in [0.05, 0.1) is 25.0 Å². The van der Waals surface area contributed by atoms with Gasteiger partial charge in [-0.05, 0) is 36.4 Å². The Morgan fingerprint density at radius 2 is 1.29 bits per heavy atom. The van der Waals surface area contributed by atoms with Gasteiger partial charge in [-0.25, -0.2) is 4.21 Å². The molecule has 0 amide bonds. The number of fused-ring (bicyclic) bond motifs is 3. The molecule has 0 N–H and O–H groups in total. The second-order valence-electron chi connectivity index (χ2n) is 7.04. The van der Waals surface area contributed by atoms with Gasteiger partial charge in [0.15, 0.2) is 9.40 Å². The van der Waals surface area contributed by atoms with Crippen LogP contribution in [-0.4, -0.2) is 18.4 Å². The summed E-state index contributed by atoms with van der Waals surface area (Å²) in [5.74, 6) is 1.26. The largest absolute Gasteiger partial charge is 0.496 e. The number of thiophene rings is 1. The highest BCUT2D eigenvalue weighted by atomic mass is 32.2. The molecule has 0 spiro atoms. The quantitative estimate of drug-likeness (QED) is 0.276. The fourth-order valence-corrected chi connectivity index (χ4v) is 8.05. The molecule has 0 radical (unpaired) electrons. The summed E-state index contributed by atoms with van der Waals surface area (Å²) in [5, 5.41) is 2.44. The Kier molecular flexibility index (Phi) is 5.22. The summed E-state index contributed by atoms with van der Waals surface area (Å²) in [7, 11) is 1.43. The van der Waals surface area contributed by atoms with E-state index < -0.39 is 21.3 Å². The van der Waals surface area contributed by atoms with Gasteiger partial charge >= 0.3 is 0 Å². The lowest BCUT2D eigenvalue weighted by atomic mass is 10.2. The molecule has 5 aromatic rings. The third kappa shape index (κ3) is 3.30. The summed E-state index contributed by atoms with van der Waals surface area (Å²) in [6.07, 6.45) is 0. The Balaban J connectivity index is 1.91. The summed E-state index contributed by atoms with van der Waals surface area (Å²) in [5.41, 5.74) is 0. The molecule has 5 heteroatoms. The molecule has 0 aliphatic rings. The zero-order valence-electron chi connectivity index (χ0n) is 17.2. The number of hydrogen-bond acceptors (Lipinski definition) is 3. The molecule has 4 aromatic carbocycles. The highest BCUT2D eigenvalue weighted by molar-refractivity contribution is 7.85. The first-order valence-electron chi connectivity index (χ1n) is 9.88. The van der Waals surface area contributed by atoms with E-state index >= 15 is 0 Å². The molecule has 3 nitrogen and oxygen atoms in total. The monoisotopic (exact) mass is 445 g/mol. The molecule has 1 aromatic heterocycles. The topological polar surface area (TPSA) is 35.5 Å². The van der Waals surface area contributed by atoms with Gasteiger partial charge in [0, 0.05) is 38.3 Å². The number of ether oxygens (including phenoxy) is 2. The number of rotatable bonds is 5. The second kappa shape index (κ2) is 8.17. The molecule has 1 heterocycles. The zero-order valence-corrected chi connectivity index (χ0v) is 18.8. The van der Waals surface area contributed by atoms with E-state index in [2.05, 4.69) is 48.5 Å². The fraction of sp³-hybridized carbons (Fsp3) is 0.0769. The summed E-state index contributed by atoms with van der Waals surface area (Å²) >= 11 is 0. The van der Waals surface area contributed by atoms with Crippen LogP contribution in [0.2, 0.25) is 0 Å². The molecule has 154 valence electrons. The van der Waals surface area contributed by atoms with Crippen molar-refractivity contribution in [1.82, 2.24) is 0 Å². The van der Waals surface area contributed by atoms with E-state index in [1.807, 2.05) is 42.5 Å². The molecule has 0 aliphatic heterocycles. The molecule has 1 unspecified atom stereocenters. The SMILES string of the molecule is COc1cc(OC)c(S(=O)c2ccccc2)c(-[s+]2c3ccccc3c3ccccc32)c1. The smallest absolute Gasteiger partial charge is 0.203 e. The molecule has 0 aliphatic carbocycles. The van der Waals surface area contributed by atoms with E-state index in [1.165, 1.54) is 20.2 Å². The van der Waals surface area contributed by atoms with Gasteiger partial charge in [0.1, 0.15) is 16.4 Å². The van der Waals surface area contributed by atoms with Gasteiger partial charge in [-0.3, -0.25) is 0 Å². The Morgan fingerprint density at radius 1 is 0.710 bits per heavy atom. The molecule has 1 atom stereocenters. The highest BCUT2D eigenvalue weighted by Crippen LogP contribution is 2.53. The normalized spacial score (nSPS) is 12.2. The maximum atomic E-state index is 13.8. The minimum atomic E-state index is -1.40. The summed E-state index contributed by atoms with van der Waals surface area (Å²) in [6, 6.07) is 30.3. The first-order valence-corrected chi connectivity index (χ1v) is 12.3. The van der Waals surface area contributed by atoms with E-state index in [1.54, 1.807) is 14.2 Å². The van der Waals surface area contributed by atoms with Crippen LogP contribution in [0.4, 0.5) is 0 Å². The molecule has 5 rings (SSSR count). The Morgan fingerprint density at radius 3 is 1.87 bits per heavy atom. The predicted octanol–water partition coefficient (Wildman–Crippen LogP) is 6.92. The Labute approximate surface area is 186 Å². The summed E-state index contributed by atoms with van der Waals surface area (Å²) in [6.45, 7) is 0. The third-order valence-corrected chi connectivity index (χ3v) is 9.29. The lowest BCUT2D eigenvalue weighted by Gasteiger charge is -2.12. The van der Waals surface area contributed by atoms with Gasteiger partial charge in [-0.15, -0.1) is 0 Å². The molecule has 0 bridgehead atoms. The molecule has 0 saturated heterocycles. The summed E-state index contributed by atoms with van der Waals surface area (Å²) < 4.78 is 27.6. The average Bonchev–Trinajstić information content (AvgIpc) is 3.17. The highest BCUT2D eigenvalue weighted by Gasteiger charge is 2.31. The van der Waals surface area contributed by atoms with E-state index in [9.17, 15) is 4.21 Å². The van der Waals surface area contributed by atoms with Crippen molar-refractivity contribution in [2.75, 3.05) is 14.2 Å². The Bertz CT molecular complexity index is 1370. The van der Waals surface area contributed by atoms with Crippen molar-refractivity contribution >= 4 is 41.4 Å².